The van der Waals surface area contributed by atoms with Crippen molar-refractivity contribution in [2.75, 3.05) is 5.32 Å². The minimum absolute atomic E-state index is 0.0383. The summed E-state index contributed by atoms with van der Waals surface area (Å²) in [5.74, 6) is 0.937. The fourth-order valence-corrected chi connectivity index (χ4v) is 1.11. The average Bonchev–Trinajstić information content (AvgIpc) is 2.50. The number of hydrogen-bond acceptors (Lipinski definition) is 2. The molecule has 0 radical (unpaired) electrons. The van der Waals surface area contributed by atoms with Crippen LogP contribution in [0.1, 0.15) is 13.8 Å². The molecular formula is C9H14BrN3O. The molecule has 0 aliphatic heterocycles. The standard InChI is InChI=1S/C9H14BrN3O/c1-6(2)8(10)9(14)12-7-4-5-11-13(7)3/h4-6,8H,1-3H3,(H,12,14). The highest BCUT2D eigenvalue weighted by atomic mass is 79.9. The van der Waals surface area contributed by atoms with Crippen molar-refractivity contribution in [2.45, 2.75) is 18.7 Å². The number of aryl methyl sites for hydroxylation is 1. The van der Waals surface area contributed by atoms with Gasteiger partial charge in [-0.1, -0.05) is 29.8 Å². The fourth-order valence-electron chi connectivity index (χ4n) is 0.994. The minimum Gasteiger partial charge on any atom is -0.310 e. The van der Waals surface area contributed by atoms with E-state index in [1.165, 1.54) is 0 Å². The van der Waals surface area contributed by atoms with E-state index in [9.17, 15) is 4.79 Å². The Kier molecular flexibility index (Phi) is 3.69. The number of nitrogens with zero attached hydrogens (tertiary/aromatic N) is 2. The maximum Gasteiger partial charge on any atom is 0.239 e. The molecule has 1 N–H and O–H groups in total. The lowest BCUT2D eigenvalue weighted by atomic mass is 10.1. The minimum atomic E-state index is -0.169. The summed E-state index contributed by atoms with van der Waals surface area (Å²) in [7, 11) is 1.79. The van der Waals surface area contributed by atoms with Crippen molar-refractivity contribution >= 4 is 27.7 Å². The molecule has 0 spiro atoms. The first-order valence-electron chi connectivity index (χ1n) is 4.45. The zero-order valence-electron chi connectivity index (χ0n) is 8.49. The van der Waals surface area contributed by atoms with Crippen LogP contribution in [0.5, 0.6) is 0 Å². The Morgan fingerprint density at radius 3 is 2.71 bits per heavy atom. The van der Waals surface area contributed by atoms with E-state index < -0.39 is 0 Å². The van der Waals surface area contributed by atoms with Crippen molar-refractivity contribution < 1.29 is 4.79 Å². The third-order valence-electron chi connectivity index (χ3n) is 1.91. The summed E-state index contributed by atoms with van der Waals surface area (Å²) in [6, 6.07) is 1.76. The van der Waals surface area contributed by atoms with E-state index in [1.807, 2.05) is 13.8 Å². The first-order chi connectivity index (χ1) is 6.52. The van der Waals surface area contributed by atoms with Gasteiger partial charge in [0.15, 0.2) is 0 Å². The van der Waals surface area contributed by atoms with Gasteiger partial charge >= 0.3 is 0 Å². The molecule has 0 saturated carbocycles. The second-order valence-electron chi connectivity index (χ2n) is 3.48. The third-order valence-corrected chi connectivity index (χ3v) is 3.38. The van der Waals surface area contributed by atoms with Gasteiger partial charge in [-0.05, 0) is 5.92 Å². The van der Waals surface area contributed by atoms with Crippen molar-refractivity contribution in [3.63, 3.8) is 0 Å². The van der Waals surface area contributed by atoms with Crippen LogP contribution in [0.4, 0.5) is 5.82 Å². The summed E-state index contributed by atoms with van der Waals surface area (Å²) in [4.78, 5) is 11.4. The molecule has 0 aliphatic rings. The van der Waals surface area contributed by atoms with Gasteiger partial charge in [0.1, 0.15) is 5.82 Å². The van der Waals surface area contributed by atoms with Gasteiger partial charge in [-0.15, -0.1) is 0 Å². The first kappa shape index (κ1) is 11.2. The maximum atomic E-state index is 11.6. The van der Waals surface area contributed by atoms with E-state index >= 15 is 0 Å². The largest absolute Gasteiger partial charge is 0.310 e. The number of carbonyl (C=O) groups excluding carboxylic acids is 1. The lowest BCUT2D eigenvalue weighted by Gasteiger charge is -2.13. The van der Waals surface area contributed by atoms with Gasteiger partial charge < -0.3 is 5.32 Å². The van der Waals surface area contributed by atoms with Crippen molar-refractivity contribution in [1.29, 1.82) is 0 Å². The number of hydrogen-bond donors (Lipinski definition) is 1. The molecule has 1 rings (SSSR count). The van der Waals surface area contributed by atoms with Gasteiger partial charge in [-0.3, -0.25) is 9.48 Å². The Balaban J connectivity index is 2.62. The lowest BCUT2D eigenvalue weighted by molar-refractivity contribution is -0.116. The Hall–Kier alpha value is -0.840. The van der Waals surface area contributed by atoms with Gasteiger partial charge in [0, 0.05) is 13.1 Å². The molecule has 1 amide bonds. The van der Waals surface area contributed by atoms with Crippen LogP contribution in [-0.4, -0.2) is 20.5 Å². The molecule has 14 heavy (non-hydrogen) atoms. The number of halogens is 1. The summed E-state index contributed by atoms with van der Waals surface area (Å²) in [5.41, 5.74) is 0. The van der Waals surface area contributed by atoms with Gasteiger partial charge in [0.2, 0.25) is 5.91 Å². The highest BCUT2D eigenvalue weighted by Crippen LogP contribution is 2.14. The van der Waals surface area contributed by atoms with Gasteiger partial charge in [0.25, 0.3) is 0 Å². The molecule has 1 heterocycles. The Morgan fingerprint density at radius 1 is 1.64 bits per heavy atom. The average molecular weight is 260 g/mol. The summed E-state index contributed by atoms with van der Waals surface area (Å²) >= 11 is 3.34. The Labute approximate surface area is 91.8 Å². The molecule has 0 aliphatic carbocycles. The topological polar surface area (TPSA) is 46.9 Å². The first-order valence-corrected chi connectivity index (χ1v) is 5.37. The number of alkyl halides is 1. The normalized spacial score (nSPS) is 12.9. The van der Waals surface area contributed by atoms with E-state index in [4.69, 9.17) is 0 Å². The van der Waals surface area contributed by atoms with Gasteiger partial charge in [-0.25, -0.2) is 0 Å². The zero-order valence-corrected chi connectivity index (χ0v) is 10.1. The third kappa shape index (κ3) is 2.57. The monoisotopic (exact) mass is 259 g/mol. The molecule has 78 valence electrons. The van der Waals surface area contributed by atoms with Crippen LogP contribution in [0.25, 0.3) is 0 Å². The van der Waals surface area contributed by atoms with Crippen LogP contribution in [0, 0.1) is 5.92 Å². The molecule has 1 aromatic rings. The highest BCUT2D eigenvalue weighted by molar-refractivity contribution is 9.10. The molecule has 1 unspecified atom stereocenters. The van der Waals surface area contributed by atoms with Crippen molar-refractivity contribution in [3.8, 4) is 0 Å². The van der Waals surface area contributed by atoms with Crippen molar-refractivity contribution in [1.82, 2.24) is 9.78 Å². The van der Waals surface area contributed by atoms with Crippen LogP contribution >= 0.6 is 15.9 Å². The summed E-state index contributed by atoms with van der Waals surface area (Å²) in [6.07, 6.45) is 1.65. The maximum absolute atomic E-state index is 11.6. The molecule has 5 heteroatoms. The SMILES string of the molecule is CC(C)C(Br)C(=O)Nc1ccnn1C. The quantitative estimate of drug-likeness (QED) is 0.842. The number of anilines is 1. The van der Waals surface area contributed by atoms with Crippen LogP contribution in [-0.2, 0) is 11.8 Å². The fraction of sp³-hybridized carbons (Fsp3) is 0.556. The van der Waals surface area contributed by atoms with Crippen LogP contribution in [0.3, 0.4) is 0 Å². The van der Waals surface area contributed by atoms with Gasteiger partial charge in [0.05, 0.1) is 11.0 Å². The lowest BCUT2D eigenvalue weighted by Crippen LogP contribution is -2.27. The van der Waals surface area contributed by atoms with E-state index in [-0.39, 0.29) is 16.7 Å². The molecule has 0 fully saturated rings. The van der Waals surface area contributed by atoms with Crippen molar-refractivity contribution in [3.05, 3.63) is 12.3 Å². The van der Waals surface area contributed by atoms with Gasteiger partial charge in [-0.2, -0.15) is 5.10 Å². The molecule has 1 aromatic heterocycles. The molecule has 1 atom stereocenters. The molecular weight excluding hydrogens is 246 g/mol. The molecule has 0 aromatic carbocycles. The van der Waals surface area contributed by atoms with E-state index in [2.05, 4.69) is 26.3 Å². The number of carbonyl (C=O) groups is 1. The highest BCUT2D eigenvalue weighted by Gasteiger charge is 2.19. The van der Waals surface area contributed by atoms with E-state index in [0.29, 0.717) is 5.82 Å². The van der Waals surface area contributed by atoms with Crippen LogP contribution in [0.15, 0.2) is 12.3 Å². The molecule has 4 nitrogen and oxygen atoms in total. The number of nitrogens with one attached hydrogen (secondary N) is 1. The summed E-state index contributed by atoms with van der Waals surface area (Å²) < 4.78 is 1.62. The predicted octanol–water partition coefficient (Wildman–Crippen LogP) is 1.78. The second-order valence-corrected chi connectivity index (χ2v) is 4.46. The Morgan fingerprint density at radius 2 is 2.29 bits per heavy atom. The molecule has 0 saturated heterocycles. The number of amides is 1. The zero-order chi connectivity index (χ0) is 10.7. The van der Waals surface area contributed by atoms with E-state index in [0.717, 1.165) is 0 Å². The summed E-state index contributed by atoms with van der Waals surface area (Å²) in [5, 5.41) is 6.75. The second kappa shape index (κ2) is 4.59. The summed E-state index contributed by atoms with van der Waals surface area (Å²) in [6.45, 7) is 3.98. The number of rotatable bonds is 3. The number of aromatic nitrogens is 2. The Bertz CT molecular complexity index is 322. The van der Waals surface area contributed by atoms with Crippen LogP contribution < -0.4 is 5.32 Å². The molecule has 0 bridgehead atoms. The van der Waals surface area contributed by atoms with Crippen molar-refractivity contribution in [2.24, 2.45) is 13.0 Å². The smallest absolute Gasteiger partial charge is 0.239 e. The van der Waals surface area contributed by atoms with Crippen LogP contribution in [0.2, 0.25) is 0 Å². The van der Waals surface area contributed by atoms with E-state index in [1.54, 1.807) is 24.0 Å². The predicted molar refractivity (Wildman–Crippen MR) is 59.4 cm³/mol.